The Morgan fingerprint density at radius 3 is 2.82 bits per heavy atom. The van der Waals surface area contributed by atoms with Crippen LogP contribution in [0.3, 0.4) is 0 Å². The van der Waals surface area contributed by atoms with E-state index in [1.165, 1.54) is 17.7 Å². The minimum Gasteiger partial charge on any atom is -0.370 e. The average Bonchev–Trinajstić information content (AvgIpc) is 2.78. The van der Waals surface area contributed by atoms with Gasteiger partial charge in [-0.2, -0.15) is 0 Å². The van der Waals surface area contributed by atoms with E-state index in [1.54, 1.807) is 0 Å². The van der Waals surface area contributed by atoms with Crippen molar-refractivity contribution in [3.63, 3.8) is 0 Å². The molecule has 1 aliphatic heterocycles. The van der Waals surface area contributed by atoms with Crippen molar-refractivity contribution in [1.82, 2.24) is 4.90 Å². The third-order valence-electron chi connectivity index (χ3n) is 3.42. The van der Waals surface area contributed by atoms with Gasteiger partial charge in [-0.05, 0) is 44.3 Å². The summed E-state index contributed by atoms with van der Waals surface area (Å²) in [5.74, 6) is 0. The zero-order valence-corrected chi connectivity index (χ0v) is 12.6. The first-order valence-corrected chi connectivity index (χ1v) is 7.37. The van der Waals surface area contributed by atoms with E-state index in [9.17, 15) is 0 Å². The molecule has 2 rings (SSSR count). The second-order valence-electron chi connectivity index (χ2n) is 4.76. The maximum atomic E-state index is 6.03. The van der Waals surface area contributed by atoms with Gasteiger partial charge in [-0.15, -0.1) is 0 Å². The molecule has 94 valence electrons. The first kappa shape index (κ1) is 13.2. The molecule has 0 bridgehead atoms. The van der Waals surface area contributed by atoms with Crippen LogP contribution in [0.25, 0.3) is 0 Å². The number of nitrogens with zero attached hydrogens (tertiary/aromatic N) is 2. The minimum absolute atomic E-state index is 0.661. The molecule has 0 spiro atoms. The van der Waals surface area contributed by atoms with Crippen molar-refractivity contribution >= 4 is 33.2 Å². The maximum absolute atomic E-state index is 6.03. The summed E-state index contributed by atoms with van der Waals surface area (Å²) in [7, 11) is 4.31. The summed E-state index contributed by atoms with van der Waals surface area (Å²) in [5.41, 5.74) is 2.59. The lowest BCUT2D eigenvalue weighted by Gasteiger charge is -2.23. The lowest BCUT2D eigenvalue weighted by Crippen LogP contribution is -2.31. The molecular formula is C13H18BrClN2. The number of halogens is 2. The molecule has 1 heterocycles. The topological polar surface area (TPSA) is 6.48 Å². The Labute approximate surface area is 117 Å². The van der Waals surface area contributed by atoms with E-state index in [-0.39, 0.29) is 0 Å². The summed E-state index contributed by atoms with van der Waals surface area (Å²) in [6, 6.07) is 6.83. The van der Waals surface area contributed by atoms with E-state index < -0.39 is 0 Å². The fraction of sp³-hybridized carbons (Fsp3) is 0.538. The summed E-state index contributed by atoms with van der Waals surface area (Å²) in [6.07, 6.45) is 1.23. The number of hydrogen-bond donors (Lipinski definition) is 0. The van der Waals surface area contributed by atoms with Gasteiger partial charge >= 0.3 is 0 Å². The number of anilines is 1. The van der Waals surface area contributed by atoms with E-state index in [0.717, 1.165) is 23.4 Å². The molecule has 1 aromatic carbocycles. The van der Waals surface area contributed by atoms with Crippen molar-refractivity contribution < 1.29 is 0 Å². The molecule has 0 N–H and O–H groups in total. The number of rotatable bonds is 3. The Morgan fingerprint density at radius 1 is 1.47 bits per heavy atom. The van der Waals surface area contributed by atoms with Crippen LogP contribution >= 0.6 is 27.5 Å². The Hall–Kier alpha value is -0.250. The Balaban J connectivity index is 2.18. The molecule has 0 amide bonds. The number of alkyl halides is 1. The number of likely N-dealkylation sites (N-methyl/N-ethyl adjacent to an activating group) is 1. The van der Waals surface area contributed by atoms with E-state index in [4.69, 9.17) is 11.6 Å². The highest BCUT2D eigenvalue weighted by atomic mass is 79.9. The molecular weight excluding hydrogens is 300 g/mol. The van der Waals surface area contributed by atoms with Crippen molar-refractivity contribution in [2.45, 2.75) is 17.8 Å². The quantitative estimate of drug-likeness (QED) is 0.789. The molecule has 1 aliphatic rings. The molecule has 0 radical (unpaired) electrons. The molecule has 1 atom stereocenters. The zero-order chi connectivity index (χ0) is 12.4. The molecule has 17 heavy (non-hydrogen) atoms. The van der Waals surface area contributed by atoms with Crippen LogP contribution < -0.4 is 4.90 Å². The second-order valence-corrected chi connectivity index (χ2v) is 5.76. The molecule has 2 nitrogen and oxygen atoms in total. The fourth-order valence-electron chi connectivity index (χ4n) is 2.35. The van der Waals surface area contributed by atoms with Crippen LogP contribution in [-0.4, -0.2) is 38.1 Å². The van der Waals surface area contributed by atoms with E-state index in [2.05, 4.69) is 52.0 Å². The van der Waals surface area contributed by atoms with Crippen LogP contribution in [-0.2, 0) is 5.33 Å². The molecule has 1 fully saturated rings. The normalized spacial score (nSPS) is 20.3. The summed E-state index contributed by atoms with van der Waals surface area (Å²) in [6.45, 7) is 2.24. The van der Waals surface area contributed by atoms with Crippen LogP contribution in [0.15, 0.2) is 18.2 Å². The van der Waals surface area contributed by atoms with Gasteiger partial charge in [0.2, 0.25) is 0 Å². The van der Waals surface area contributed by atoms with E-state index >= 15 is 0 Å². The van der Waals surface area contributed by atoms with Gasteiger partial charge in [-0.25, -0.2) is 0 Å². The van der Waals surface area contributed by atoms with Gasteiger partial charge in [0.05, 0.1) is 0 Å². The second kappa shape index (κ2) is 5.59. The highest BCUT2D eigenvalue weighted by molar-refractivity contribution is 9.08. The van der Waals surface area contributed by atoms with E-state index in [0.29, 0.717) is 6.04 Å². The van der Waals surface area contributed by atoms with Crippen molar-refractivity contribution in [3.8, 4) is 0 Å². The van der Waals surface area contributed by atoms with Crippen molar-refractivity contribution in [3.05, 3.63) is 28.8 Å². The van der Waals surface area contributed by atoms with Crippen LogP contribution in [0, 0.1) is 0 Å². The van der Waals surface area contributed by atoms with Gasteiger partial charge in [0.15, 0.2) is 0 Å². The SMILES string of the molecule is CN(C)C1CCN(c2ccc(Cl)cc2CBr)C1. The van der Waals surface area contributed by atoms with Crippen LogP contribution in [0.5, 0.6) is 0 Å². The van der Waals surface area contributed by atoms with Crippen LogP contribution in [0.2, 0.25) is 5.02 Å². The standard InChI is InChI=1S/C13H18BrClN2/c1-16(2)12-5-6-17(9-12)13-4-3-11(15)7-10(13)8-14/h3-4,7,12H,5-6,8-9H2,1-2H3. The number of hydrogen-bond acceptors (Lipinski definition) is 2. The predicted molar refractivity (Wildman–Crippen MR) is 78.4 cm³/mol. The molecule has 0 aromatic heterocycles. The van der Waals surface area contributed by atoms with Crippen molar-refractivity contribution in [1.29, 1.82) is 0 Å². The predicted octanol–water partition coefficient (Wildman–Crippen LogP) is 3.38. The molecule has 0 aliphatic carbocycles. The van der Waals surface area contributed by atoms with Crippen LogP contribution in [0.1, 0.15) is 12.0 Å². The summed E-state index contributed by atoms with van der Waals surface area (Å²) in [5, 5.41) is 1.66. The average molecular weight is 318 g/mol. The highest BCUT2D eigenvalue weighted by Gasteiger charge is 2.25. The third-order valence-corrected chi connectivity index (χ3v) is 4.26. The highest BCUT2D eigenvalue weighted by Crippen LogP contribution is 2.29. The van der Waals surface area contributed by atoms with Gasteiger partial charge < -0.3 is 9.80 Å². The first-order chi connectivity index (χ1) is 8.11. The monoisotopic (exact) mass is 316 g/mol. The minimum atomic E-state index is 0.661. The molecule has 1 saturated heterocycles. The molecule has 4 heteroatoms. The van der Waals surface area contributed by atoms with Gasteiger partial charge in [0.25, 0.3) is 0 Å². The van der Waals surface area contributed by atoms with Gasteiger partial charge in [0.1, 0.15) is 0 Å². The third kappa shape index (κ3) is 2.95. The lowest BCUT2D eigenvalue weighted by atomic mass is 10.2. The first-order valence-electron chi connectivity index (χ1n) is 5.87. The lowest BCUT2D eigenvalue weighted by molar-refractivity contribution is 0.315. The Kier molecular flexibility index (Phi) is 4.34. The van der Waals surface area contributed by atoms with E-state index in [1.807, 2.05) is 6.07 Å². The molecule has 1 unspecified atom stereocenters. The van der Waals surface area contributed by atoms with Gasteiger partial charge in [0, 0.05) is 35.2 Å². The smallest absolute Gasteiger partial charge is 0.0410 e. The maximum Gasteiger partial charge on any atom is 0.0410 e. The van der Waals surface area contributed by atoms with Crippen LogP contribution in [0.4, 0.5) is 5.69 Å². The summed E-state index contributed by atoms with van der Waals surface area (Å²) < 4.78 is 0. The van der Waals surface area contributed by atoms with Gasteiger partial charge in [-0.1, -0.05) is 27.5 Å². The molecule has 1 aromatic rings. The van der Waals surface area contributed by atoms with Crippen molar-refractivity contribution in [2.24, 2.45) is 0 Å². The summed E-state index contributed by atoms with van der Waals surface area (Å²) >= 11 is 9.57. The molecule has 0 saturated carbocycles. The van der Waals surface area contributed by atoms with Gasteiger partial charge in [-0.3, -0.25) is 0 Å². The van der Waals surface area contributed by atoms with Crippen molar-refractivity contribution in [2.75, 3.05) is 32.1 Å². The number of benzene rings is 1. The Bertz CT molecular complexity index is 395. The summed E-state index contributed by atoms with van der Waals surface area (Å²) in [4.78, 5) is 4.77. The fourth-order valence-corrected chi connectivity index (χ4v) is 3.00. The largest absolute Gasteiger partial charge is 0.370 e. The zero-order valence-electron chi connectivity index (χ0n) is 10.3. The Morgan fingerprint density at radius 2 is 2.24 bits per heavy atom.